The minimum absolute atomic E-state index is 0. The number of nitrogens with one attached hydrogen (secondary N) is 2. The molecule has 182 valence electrons. The van der Waals surface area contributed by atoms with E-state index in [1.165, 1.54) is 18.2 Å². The smallest absolute Gasteiger partial charge is 0.336 e. The summed E-state index contributed by atoms with van der Waals surface area (Å²) >= 11 is 0. The van der Waals surface area contributed by atoms with Crippen LogP contribution in [0.3, 0.4) is 0 Å². The Labute approximate surface area is 213 Å². The number of anilines is 1. The molecule has 0 bridgehead atoms. The zero-order valence-corrected chi connectivity index (χ0v) is 21.5. The topological polar surface area (TPSA) is 114 Å². The van der Waals surface area contributed by atoms with E-state index in [1.54, 1.807) is 0 Å². The minimum atomic E-state index is -1.13. The highest BCUT2D eigenvalue weighted by atomic mass is 79.9. The van der Waals surface area contributed by atoms with Crippen molar-refractivity contribution in [2.75, 3.05) is 18.4 Å². The van der Waals surface area contributed by atoms with Crippen LogP contribution in [-0.2, 0) is 0 Å². The highest BCUT2D eigenvalue weighted by molar-refractivity contribution is 6.09. The van der Waals surface area contributed by atoms with Crippen molar-refractivity contribution in [3.05, 3.63) is 70.1 Å². The fourth-order valence-electron chi connectivity index (χ4n) is 4.32. The van der Waals surface area contributed by atoms with Crippen LogP contribution in [0.15, 0.2) is 46.9 Å². The first-order chi connectivity index (χ1) is 16.2. The zero-order chi connectivity index (χ0) is 24.6. The highest BCUT2D eigenvalue weighted by Crippen LogP contribution is 2.43. The van der Waals surface area contributed by atoms with E-state index >= 15 is 0 Å². The number of rotatable bonds is 6. The molecule has 2 aromatic carbocycles. The Balaban J connectivity index is 0.00000342. The number of carbonyl (C=O) groups is 2. The minimum Gasteiger partial charge on any atom is -1.00 e. The summed E-state index contributed by atoms with van der Waals surface area (Å²) in [5.74, 6) is -1.67. The van der Waals surface area contributed by atoms with E-state index < -0.39 is 11.9 Å². The maximum atomic E-state index is 12.2. The van der Waals surface area contributed by atoms with Crippen molar-refractivity contribution in [1.82, 2.24) is 0 Å². The van der Waals surface area contributed by atoms with E-state index in [9.17, 15) is 19.8 Å². The molecule has 2 aliphatic rings. The first kappa shape index (κ1) is 26.0. The molecule has 1 aliphatic carbocycles. The monoisotopic (exact) mass is 538 g/mol. The largest absolute Gasteiger partial charge is 1.00 e. The van der Waals surface area contributed by atoms with Gasteiger partial charge >= 0.3 is 11.9 Å². The van der Waals surface area contributed by atoms with Crippen LogP contribution in [0.4, 0.5) is 5.69 Å². The predicted molar refractivity (Wildman–Crippen MR) is 130 cm³/mol. The second-order valence-electron chi connectivity index (χ2n) is 8.23. The second-order valence-corrected chi connectivity index (χ2v) is 8.23. The molecule has 0 unspecified atom stereocenters. The average molecular weight is 539 g/mol. The molecule has 0 saturated carbocycles. The summed E-state index contributed by atoms with van der Waals surface area (Å²) in [5.41, 5.74) is 5.17. The number of aryl methyl sites for hydroxylation is 2. The number of carboxylic acids is 2. The molecule has 4 N–H and O–H groups in total. The summed E-state index contributed by atoms with van der Waals surface area (Å²) < 4.78 is 6.33. The van der Waals surface area contributed by atoms with Crippen LogP contribution in [0.25, 0.3) is 33.4 Å². The molecule has 0 atom stereocenters. The molecule has 1 aliphatic heterocycles. The molecular formula is C27H27BrN2O5. The molecule has 7 nitrogen and oxygen atoms in total. The van der Waals surface area contributed by atoms with Gasteiger partial charge in [-0.25, -0.2) is 14.6 Å². The Bertz CT molecular complexity index is 1490. The van der Waals surface area contributed by atoms with Gasteiger partial charge in [0.15, 0.2) is 0 Å². The van der Waals surface area contributed by atoms with E-state index in [0.717, 1.165) is 35.3 Å². The standard InChI is InChI=1S/C27H26N2O5.BrH/c1-5-28-21-12-23-19(9-14(21)3)25(18-11-16(26(30)31)7-8-17(18)27(32)33)20-10-15(4)22(29-6-2)13-24(20)34-23;/h7-13,28H,5-6H2,1-4H3,(H,30,31)(H,32,33);1H. The van der Waals surface area contributed by atoms with Crippen LogP contribution in [0.5, 0.6) is 0 Å². The molecule has 8 heteroatoms. The van der Waals surface area contributed by atoms with E-state index in [1.807, 2.05) is 52.0 Å². The lowest BCUT2D eigenvalue weighted by Crippen LogP contribution is -3.00. The van der Waals surface area contributed by atoms with Gasteiger partial charge in [-0.2, -0.15) is 0 Å². The maximum absolute atomic E-state index is 12.2. The van der Waals surface area contributed by atoms with Gasteiger partial charge in [0.2, 0.25) is 5.36 Å². The summed E-state index contributed by atoms with van der Waals surface area (Å²) in [6.45, 7) is 9.43. The second kappa shape index (κ2) is 10.3. The number of carboxylic acid groups (broad SMARTS) is 2. The molecule has 0 saturated heterocycles. The van der Waals surface area contributed by atoms with Gasteiger partial charge in [-0.15, -0.1) is 0 Å². The Morgan fingerprint density at radius 2 is 1.69 bits per heavy atom. The molecular weight excluding hydrogens is 512 g/mol. The van der Waals surface area contributed by atoms with Gasteiger partial charge in [0.05, 0.1) is 17.2 Å². The summed E-state index contributed by atoms with van der Waals surface area (Å²) in [6.07, 6.45) is 0. The molecule has 35 heavy (non-hydrogen) atoms. The summed E-state index contributed by atoms with van der Waals surface area (Å²) in [4.78, 5) is 27.2. The number of halogens is 1. The van der Waals surface area contributed by atoms with Gasteiger partial charge in [-0.1, -0.05) is 0 Å². The maximum Gasteiger partial charge on any atom is 0.336 e. The number of benzene rings is 3. The molecule has 0 amide bonds. The van der Waals surface area contributed by atoms with E-state index in [-0.39, 0.29) is 28.1 Å². The lowest BCUT2D eigenvalue weighted by Gasteiger charge is -2.19. The van der Waals surface area contributed by atoms with Crippen LogP contribution in [0.1, 0.15) is 45.7 Å². The summed E-state index contributed by atoms with van der Waals surface area (Å²) in [5, 5.41) is 24.5. The van der Waals surface area contributed by atoms with Gasteiger partial charge in [-0.05, 0) is 69.2 Å². The lowest BCUT2D eigenvalue weighted by atomic mass is 9.88. The third kappa shape index (κ3) is 4.79. The van der Waals surface area contributed by atoms with E-state index in [2.05, 4.69) is 10.3 Å². The number of hydrogen-bond donors (Lipinski definition) is 4. The quantitative estimate of drug-likeness (QED) is 0.268. The van der Waals surface area contributed by atoms with Gasteiger partial charge in [0.1, 0.15) is 17.9 Å². The summed E-state index contributed by atoms with van der Waals surface area (Å²) in [6, 6.07) is 11.8. The van der Waals surface area contributed by atoms with Crippen LogP contribution >= 0.6 is 0 Å². The third-order valence-corrected chi connectivity index (χ3v) is 5.91. The SMILES string of the molecule is CCNc1cc2oc3cc(=[NH+]CC)c(C)cc-3c(-c3cc(C(=O)O)ccc3C(=O)O)c2cc1C.[Br-]. The Morgan fingerprint density at radius 1 is 0.943 bits per heavy atom. The van der Waals surface area contributed by atoms with Crippen molar-refractivity contribution in [2.45, 2.75) is 27.7 Å². The van der Waals surface area contributed by atoms with Crippen LogP contribution in [0, 0.1) is 13.8 Å². The average Bonchev–Trinajstić information content (AvgIpc) is 2.79. The predicted octanol–water partition coefficient (Wildman–Crippen LogP) is 0.655. The lowest BCUT2D eigenvalue weighted by molar-refractivity contribution is -0.496. The van der Waals surface area contributed by atoms with Crippen LogP contribution in [0.2, 0.25) is 0 Å². The van der Waals surface area contributed by atoms with Crippen molar-refractivity contribution >= 4 is 28.6 Å². The number of aromatic carboxylic acids is 2. The molecule has 4 rings (SSSR count). The van der Waals surface area contributed by atoms with Crippen LogP contribution in [-0.4, -0.2) is 35.2 Å². The highest BCUT2D eigenvalue weighted by Gasteiger charge is 2.24. The number of fused-ring (bicyclic) bond motifs is 2. The normalized spacial score (nSPS) is 11.5. The first-order valence-electron chi connectivity index (χ1n) is 11.2. The Kier molecular flexibility index (Phi) is 7.65. The van der Waals surface area contributed by atoms with Gasteiger partial charge in [0, 0.05) is 40.4 Å². The molecule has 0 aromatic heterocycles. The Hall–Kier alpha value is -3.65. The third-order valence-electron chi connectivity index (χ3n) is 5.91. The van der Waals surface area contributed by atoms with Crippen molar-refractivity contribution in [3.8, 4) is 22.5 Å². The fraction of sp³-hybridized carbons (Fsp3) is 0.222. The summed E-state index contributed by atoms with van der Waals surface area (Å²) in [7, 11) is 0. The Morgan fingerprint density at radius 3 is 2.31 bits per heavy atom. The molecule has 0 fully saturated rings. The van der Waals surface area contributed by atoms with E-state index in [0.29, 0.717) is 33.4 Å². The first-order valence-corrected chi connectivity index (χ1v) is 11.2. The van der Waals surface area contributed by atoms with Gasteiger partial charge in [0.25, 0.3) is 0 Å². The number of hydrogen-bond acceptors (Lipinski definition) is 4. The molecule has 0 radical (unpaired) electrons. The van der Waals surface area contributed by atoms with Crippen LogP contribution < -0.4 is 32.6 Å². The molecule has 1 heterocycles. The van der Waals surface area contributed by atoms with Crippen molar-refractivity contribution in [2.24, 2.45) is 0 Å². The van der Waals surface area contributed by atoms with Crippen molar-refractivity contribution in [1.29, 1.82) is 0 Å². The van der Waals surface area contributed by atoms with Gasteiger partial charge in [-0.3, -0.25) is 0 Å². The van der Waals surface area contributed by atoms with Gasteiger partial charge < -0.3 is 36.9 Å². The molecule has 0 spiro atoms. The molecule has 2 aromatic rings. The fourth-order valence-corrected chi connectivity index (χ4v) is 4.32. The van der Waals surface area contributed by atoms with E-state index in [4.69, 9.17) is 4.42 Å². The van der Waals surface area contributed by atoms with Crippen molar-refractivity contribution in [3.63, 3.8) is 0 Å². The van der Waals surface area contributed by atoms with Crippen molar-refractivity contribution < 1.29 is 46.2 Å². The zero-order valence-electron chi connectivity index (χ0n) is 20.0.